The average Bonchev–Trinajstić information content (AvgIpc) is 2.90. The summed E-state index contributed by atoms with van der Waals surface area (Å²) in [6.45, 7) is 1.68. The van der Waals surface area contributed by atoms with Crippen molar-refractivity contribution in [1.82, 2.24) is 0 Å². The molecule has 5 nitrogen and oxygen atoms in total. The van der Waals surface area contributed by atoms with Gasteiger partial charge in [0.2, 0.25) is 0 Å². The van der Waals surface area contributed by atoms with E-state index in [2.05, 4.69) is 15.9 Å². The number of alkyl halides is 1. The summed E-state index contributed by atoms with van der Waals surface area (Å²) in [6.07, 6.45) is 2.11. The van der Waals surface area contributed by atoms with Crippen LogP contribution in [0, 0.1) is 10.1 Å². The van der Waals surface area contributed by atoms with E-state index in [9.17, 15) is 14.9 Å². The number of hydrogen-bond acceptors (Lipinski definition) is 4. The van der Waals surface area contributed by atoms with Crippen LogP contribution in [0.5, 0.6) is 0 Å². The third kappa shape index (κ3) is 2.53. The molecule has 1 aliphatic rings. The highest BCUT2D eigenvalue weighted by atomic mass is 79.9. The first-order valence-corrected chi connectivity index (χ1v) is 6.88. The molecule has 96 valence electrons. The second-order valence-corrected chi connectivity index (χ2v) is 4.77. The highest BCUT2D eigenvalue weighted by molar-refractivity contribution is 9.09. The number of carbonyl (C=O) groups excluding carboxylic acids is 1. The Kier molecular flexibility index (Phi) is 3.96. The fraction of sp³-hybridized carbons (Fsp3) is 0.417. The molecule has 0 radical (unpaired) electrons. The molecule has 0 spiro atoms. The van der Waals surface area contributed by atoms with E-state index in [0.29, 0.717) is 11.3 Å². The summed E-state index contributed by atoms with van der Waals surface area (Å²) >= 11 is 3.07. The monoisotopic (exact) mass is 312 g/mol. The standard InChI is InChI=1S/C12H13BrN2O3/c13-8-12(16)9-3-4-10(11(7-9)15(17)18)14-5-1-2-6-14/h3-4,7H,1-2,5-6,8H2. The lowest BCUT2D eigenvalue weighted by molar-refractivity contribution is -0.384. The van der Waals surface area contributed by atoms with Crippen LogP contribution in [0.25, 0.3) is 0 Å². The van der Waals surface area contributed by atoms with Crippen molar-refractivity contribution in [3.63, 3.8) is 0 Å². The maximum absolute atomic E-state index is 11.5. The predicted octanol–water partition coefficient (Wildman–Crippen LogP) is 2.77. The maximum atomic E-state index is 11.5. The van der Waals surface area contributed by atoms with E-state index in [1.165, 1.54) is 6.07 Å². The molecule has 1 aromatic rings. The summed E-state index contributed by atoms with van der Waals surface area (Å²) in [6, 6.07) is 4.71. The van der Waals surface area contributed by atoms with Crippen LogP contribution in [-0.2, 0) is 0 Å². The topological polar surface area (TPSA) is 63.5 Å². The number of Topliss-reactive ketones (excluding diaryl/α,β-unsaturated/α-hetero) is 1. The van der Waals surface area contributed by atoms with Crippen LogP contribution in [0.2, 0.25) is 0 Å². The quantitative estimate of drug-likeness (QED) is 0.371. The third-order valence-corrected chi connectivity index (χ3v) is 3.57. The van der Waals surface area contributed by atoms with Crippen molar-refractivity contribution in [2.75, 3.05) is 23.3 Å². The van der Waals surface area contributed by atoms with Gasteiger partial charge in [0.05, 0.1) is 10.3 Å². The SMILES string of the molecule is O=C(CBr)c1ccc(N2CCCC2)c([N+](=O)[O-])c1. The molecular weight excluding hydrogens is 300 g/mol. The number of halogens is 1. The summed E-state index contributed by atoms with van der Waals surface area (Å²) in [5.41, 5.74) is 1.01. The van der Waals surface area contributed by atoms with Crippen LogP contribution in [-0.4, -0.2) is 29.1 Å². The van der Waals surface area contributed by atoms with E-state index in [1.807, 2.05) is 4.90 Å². The molecule has 0 aromatic heterocycles. The minimum Gasteiger partial charge on any atom is -0.366 e. The Morgan fingerprint density at radius 1 is 1.39 bits per heavy atom. The van der Waals surface area contributed by atoms with E-state index in [0.717, 1.165) is 25.9 Å². The van der Waals surface area contributed by atoms with Gasteiger partial charge in [0.25, 0.3) is 5.69 Å². The van der Waals surface area contributed by atoms with Gasteiger partial charge < -0.3 is 4.90 Å². The molecular formula is C12H13BrN2O3. The van der Waals surface area contributed by atoms with Crippen LogP contribution in [0.3, 0.4) is 0 Å². The van der Waals surface area contributed by atoms with Crippen LogP contribution in [0.15, 0.2) is 18.2 Å². The molecule has 1 fully saturated rings. The molecule has 1 aromatic carbocycles. The Hall–Kier alpha value is -1.43. The fourth-order valence-corrected chi connectivity index (χ4v) is 2.47. The number of carbonyl (C=O) groups is 1. The van der Waals surface area contributed by atoms with E-state index < -0.39 is 4.92 Å². The van der Waals surface area contributed by atoms with Gasteiger partial charge in [0.15, 0.2) is 5.78 Å². The minimum atomic E-state index is -0.418. The van der Waals surface area contributed by atoms with Gasteiger partial charge in [-0.25, -0.2) is 0 Å². The molecule has 1 heterocycles. The number of nitro benzene ring substituents is 1. The maximum Gasteiger partial charge on any atom is 0.293 e. The van der Waals surface area contributed by atoms with Gasteiger partial charge in [0.1, 0.15) is 5.69 Å². The fourth-order valence-electron chi connectivity index (χ4n) is 2.15. The number of hydrogen-bond donors (Lipinski definition) is 0. The molecule has 0 atom stereocenters. The Morgan fingerprint density at radius 2 is 2.06 bits per heavy atom. The molecule has 18 heavy (non-hydrogen) atoms. The lowest BCUT2D eigenvalue weighted by atomic mass is 10.1. The van der Waals surface area contributed by atoms with E-state index in [1.54, 1.807) is 12.1 Å². The zero-order chi connectivity index (χ0) is 13.1. The average molecular weight is 313 g/mol. The lowest BCUT2D eigenvalue weighted by Gasteiger charge is -2.17. The van der Waals surface area contributed by atoms with Crippen molar-refractivity contribution in [3.8, 4) is 0 Å². The summed E-state index contributed by atoms with van der Waals surface area (Å²) in [7, 11) is 0. The third-order valence-electron chi connectivity index (χ3n) is 3.06. The van der Waals surface area contributed by atoms with Gasteiger partial charge in [0, 0.05) is 24.7 Å². The van der Waals surface area contributed by atoms with Crippen molar-refractivity contribution in [2.24, 2.45) is 0 Å². The molecule has 2 rings (SSSR count). The molecule has 0 saturated carbocycles. The van der Waals surface area contributed by atoms with E-state index in [-0.39, 0.29) is 16.8 Å². The molecule has 0 unspecified atom stereocenters. The lowest BCUT2D eigenvalue weighted by Crippen LogP contribution is -2.19. The molecule has 0 N–H and O–H groups in total. The summed E-state index contributed by atoms with van der Waals surface area (Å²) in [5.74, 6) is -0.147. The zero-order valence-electron chi connectivity index (χ0n) is 9.76. The van der Waals surface area contributed by atoms with Crippen LogP contribution in [0.1, 0.15) is 23.2 Å². The van der Waals surface area contributed by atoms with Crippen LogP contribution in [0.4, 0.5) is 11.4 Å². The van der Waals surface area contributed by atoms with Crippen LogP contribution < -0.4 is 4.90 Å². The number of benzene rings is 1. The summed E-state index contributed by atoms with van der Waals surface area (Å²) < 4.78 is 0. The van der Waals surface area contributed by atoms with Crippen molar-refractivity contribution < 1.29 is 9.72 Å². The van der Waals surface area contributed by atoms with Gasteiger partial charge in [-0.2, -0.15) is 0 Å². The number of anilines is 1. The van der Waals surface area contributed by atoms with Crippen molar-refractivity contribution >= 4 is 33.1 Å². The number of ketones is 1. The smallest absolute Gasteiger partial charge is 0.293 e. The van der Waals surface area contributed by atoms with E-state index in [4.69, 9.17) is 0 Å². The Morgan fingerprint density at radius 3 is 2.61 bits per heavy atom. The van der Waals surface area contributed by atoms with Gasteiger partial charge in [-0.3, -0.25) is 14.9 Å². The second-order valence-electron chi connectivity index (χ2n) is 4.21. The Labute approximate surface area is 113 Å². The molecule has 0 aliphatic carbocycles. The first-order chi connectivity index (χ1) is 8.63. The Balaban J connectivity index is 2.40. The molecule has 1 aliphatic heterocycles. The second kappa shape index (κ2) is 5.48. The molecule has 0 bridgehead atoms. The van der Waals surface area contributed by atoms with Crippen molar-refractivity contribution in [1.29, 1.82) is 0 Å². The van der Waals surface area contributed by atoms with Crippen molar-refractivity contribution in [2.45, 2.75) is 12.8 Å². The van der Waals surface area contributed by atoms with Gasteiger partial charge in [-0.05, 0) is 25.0 Å². The number of rotatable bonds is 4. The summed E-state index contributed by atoms with van der Waals surface area (Å²) in [4.78, 5) is 24.2. The predicted molar refractivity (Wildman–Crippen MR) is 72.7 cm³/mol. The summed E-state index contributed by atoms with van der Waals surface area (Å²) in [5, 5.41) is 11.3. The van der Waals surface area contributed by atoms with Gasteiger partial charge in [-0.15, -0.1) is 0 Å². The molecule has 6 heteroatoms. The number of nitro groups is 1. The highest BCUT2D eigenvalue weighted by Crippen LogP contribution is 2.31. The van der Waals surface area contributed by atoms with E-state index >= 15 is 0 Å². The van der Waals surface area contributed by atoms with Crippen LogP contribution >= 0.6 is 15.9 Å². The first-order valence-electron chi connectivity index (χ1n) is 5.76. The zero-order valence-corrected chi connectivity index (χ0v) is 11.4. The normalized spacial score (nSPS) is 14.8. The first kappa shape index (κ1) is 13.0. The van der Waals surface area contributed by atoms with Gasteiger partial charge >= 0.3 is 0 Å². The number of nitrogens with zero attached hydrogens (tertiary/aromatic N) is 2. The molecule has 0 amide bonds. The van der Waals surface area contributed by atoms with Gasteiger partial charge in [-0.1, -0.05) is 15.9 Å². The highest BCUT2D eigenvalue weighted by Gasteiger charge is 2.23. The van der Waals surface area contributed by atoms with Crippen molar-refractivity contribution in [3.05, 3.63) is 33.9 Å². The largest absolute Gasteiger partial charge is 0.366 e. The molecule has 1 saturated heterocycles. The Bertz CT molecular complexity index is 484. The minimum absolute atomic E-state index is 0.0173.